The van der Waals surface area contributed by atoms with Crippen LogP contribution < -0.4 is 0 Å². The average Bonchev–Trinajstić information content (AvgIpc) is 3.03. The van der Waals surface area contributed by atoms with Crippen LogP contribution in [-0.2, 0) is 6.54 Å². The fourth-order valence-electron chi connectivity index (χ4n) is 3.06. The summed E-state index contributed by atoms with van der Waals surface area (Å²) in [6.07, 6.45) is 4.89. The van der Waals surface area contributed by atoms with Crippen molar-refractivity contribution in [3.05, 3.63) is 41.0 Å². The predicted molar refractivity (Wildman–Crippen MR) is 81.1 cm³/mol. The molecule has 2 unspecified atom stereocenters. The van der Waals surface area contributed by atoms with Gasteiger partial charge in [-0.3, -0.25) is 0 Å². The lowest BCUT2D eigenvalue weighted by Gasteiger charge is -2.26. The number of aromatic nitrogens is 1. The number of rotatable bonds is 3. The van der Waals surface area contributed by atoms with E-state index in [0.717, 1.165) is 19.4 Å². The van der Waals surface area contributed by atoms with E-state index in [1.54, 1.807) is 11.3 Å². The van der Waals surface area contributed by atoms with Crippen LogP contribution in [0.5, 0.6) is 0 Å². The van der Waals surface area contributed by atoms with Gasteiger partial charge in [-0.05, 0) is 60.5 Å². The average molecular weight is 309 g/mol. The number of hydrogen-bond donors (Lipinski definition) is 1. The molecule has 1 saturated carbocycles. The molecule has 2 aromatic heterocycles. The number of thiophene rings is 1. The molecule has 106 valence electrons. The summed E-state index contributed by atoms with van der Waals surface area (Å²) in [5.74, 6) is 0.487. The summed E-state index contributed by atoms with van der Waals surface area (Å²) in [7, 11) is 0. The molecule has 1 aliphatic heterocycles. The number of hydrogen-bond acceptors (Lipinski definition) is 3. The van der Waals surface area contributed by atoms with Gasteiger partial charge in [0.15, 0.2) is 0 Å². The Morgan fingerprint density at radius 3 is 3.05 bits per heavy atom. The Morgan fingerprint density at radius 2 is 2.25 bits per heavy atom. The van der Waals surface area contributed by atoms with Crippen molar-refractivity contribution in [1.29, 1.82) is 0 Å². The molecule has 3 nitrogen and oxygen atoms in total. The van der Waals surface area contributed by atoms with Crippen LogP contribution in [0.3, 0.4) is 0 Å². The minimum absolute atomic E-state index is 0.0712. The Labute approximate surface area is 127 Å². The third kappa shape index (κ3) is 2.11. The second-order valence-electron chi connectivity index (χ2n) is 5.77. The highest BCUT2D eigenvalue weighted by Crippen LogP contribution is 2.41. The zero-order chi connectivity index (χ0) is 13.7. The molecule has 0 radical (unpaired) electrons. The number of aliphatic hydroxyl groups is 1. The summed E-state index contributed by atoms with van der Waals surface area (Å²) >= 11 is 8.28. The lowest BCUT2D eigenvalue weighted by Crippen LogP contribution is -2.24. The molecule has 2 atom stereocenters. The maximum atomic E-state index is 10.3. The first-order chi connectivity index (χ1) is 9.74. The molecular formula is C15H17ClN2OS. The molecule has 0 spiro atoms. The minimum Gasteiger partial charge on any atom is -0.393 e. The van der Waals surface area contributed by atoms with Crippen LogP contribution in [-0.4, -0.2) is 20.2 Å². The first kappa shape index (κ1) is 12.9. The van der Waals surface area contributed by atoms with Crippen molar-refractivity contribution in [2.24, 2.45) is 5.92 Å². The summed E-state index contributed by atoms with van der Waals surface area (Å²) in [5, 5.41) is 13.6. The van der Waals surface area contributed by atoms with E-state index in [1.807, 2.05) is 4.42 Å². The van der Waals surface area contributed by atoms with Crippen LogP contribution >= 0.6 is 23.1 Å². The molecule has 3 heterocycles. The van der Waals surface area contributed by atoms with E-state index < -0.39 is 0 Å². The van der Waals surface area contributed by atoms with Crippen LogP contribution in [0.15, 0.2) is 29.8 Å². The lowest BCUT2D eigenvalue weighted by atomic mass is 10.0. The Hall–Kier alpha value is -0.810. The molecule has 5 heteroatoms. The van der Waals surface area contributed by atoms with Crippen molar-refractivity contribution in [3.8, 4) is 5.00 Å². The second kappa shape index (κ2) is 4.88. The normalized spacial score (nSPS) is 24.0. The number of halogens is 1. The van der Waals surface area contributed by atoms with Gasteiger partial charge >= 0.3 is 0 Å². The van der Waals surface area contributed by atoms with Gasteiger partial charge in [-0.25, -0.2) is 4.42 Å². The molecular weight excluding hydrogens is 292 g/mol. The van der Waals surface area contributed by atoms with Crippen molar-refractivity contribution in [3.63, 3.8) is 0 Å². The van der Waals surface area contributed by atoms with Crippen LogP contribution in [0.2, 0.25) is 0 Å². The molecule has 0 aromatic carbocycles. The van der Waals surface area contributed by atoms with Gasteiger partial charge in [-0.15, -0.1) is 11.3 Å². The third-order valence-corrected chi connectivity index (χ3v) is 5.66. The Bertz CT molecular complexity index is 619. The molecule has 2 aromatic rings. The Balaban J connectivity index is 1.71. The van der Waals surface area contributed by atoms with E-state index in [0.29, 0.717) is 12.3 Å². The fraction of sp³-hybridized carbons (Fsp3) is 0.467. The summed E-state index contributed by atoms with van der Waals surface area (Å²) in [5.41, 5.74) is 2.44. The van der Waals surface area contributed by atoms with Gasteiger partial charge in [-0.2, -0.15) is 0 Å². The van der Waals surface area contributed by atoms with Crippen molar-refractivity contribution < 1.29 is 5.11 Å². The van der Waals surface area contributed by atoms with Gasteiger partial charge < -0.3 is 9.67 Å². The molecule has 0 amide bonds. The summed E-state index contributed by atoms with van der Waals surface area (Å²) < 4.78 is 4.09. The van der Waals surface area contributed by atoms with Crippen LogP contribution in [0.1, 0.15) is 36.6 Å². The monoisotopic (exact) mass is 308 g/mol. The quantitative estimate of drug-likeness (QED) is 0.876. The van der Waals surface area contributed by atoms with E-state index in [4.69, 9.17) is 11.8 Å². The van der Waals surface area contributed by atoms with Gasteiger partial charge in [-0.1, -0.05) is 0 Å². The van der Waals surface area contributed by atoms with Crippen LogP contribution in [0.4, 0.5) is 0 Å². The van der Waals surface area contributed by atoms with E-state index in [1.165, 1.54) is 16.3 Å². The molecule has 1 fully saturated rings. The summed E-state index contributed by atoms with van der Waals surface area (Å²) in [6, 6.07) is 6.39. The standard InChI is InChI=1S/C15H17ClN2OS/c16-18-9-11-5-7-20-15(11)17-6-1-2-12(17)13(18)8-14(19)10-3-4-10/h1-2,5-7,10,13-14,19H,3-4,8-9H2. The van der Waals surface area contributed by atoms with E-state index >= 15 is 0 Å². The molecule has 1 N–H and O–H groups in total. The van der Waals surface area contributed by atoms with Gasteiger partial charge in [0.1, 0.15) is 5.00 Å². The topological polar surface area (TPSA) is 28.4 Å². The van der Waals surface area contributed by atoms with Crippen molar-refractivity contribution in [2.45, 2.75) is 38.0 Å². The van der Waals surface area contributed by atoms with E-state index in [2.05, 4.69) is 34.3 Å². The van der Waals surface area contributed by atoms with E-state index in [9.17, 15) is 5.11 Å². The Morgan fingerprint density at radius 1 is 1.40 bits per heavy atom. The maximum Gasteiger partial charge on any atom is 0.104 e. The highest BCUT2D eigenvalue weighted by atomic mass is 35.5. The minimum atomic E-state index is -0.235. The molecule has 1 aliphatic carbocycles. The fourth-order valence-corrected chi connectivity index (χ4v) is 4.30. The number of aliphatic hydroxyl groups excluding tert-OH is 1. The van der Waals surface area contributed by atoms with Gasteiger partial charge in [0.05, 0.1) is 12.1 Å². The smallest absolute Gasteiger partial charge is 0.104 e. The molecule has 4 rings (SSSR count). The highest BCUT2D eigenvalue weighted by Gasteiger charge is 2.35. The first-order valence-corrected chi connectivity index (χ1v) is 8.30. The molecule has 0 saturated heterocycles. The SMILES string of the molecule is OC(CC1c2cccn2-c2sccc2CN1Cl)C1CC1. The first-order valence-electron chi connectivity index (χ1n) is 7.08. The second-order valence-corrected chi connectivity index (χ2v) is 7.10. The van der Waals surface area contributed by atoms with Gasteiger partial charge in [0.25, 0.3) is 0 Å². The van der Waals surface area contributed by atoms with Crippen molar-refractivity contribution >= 4 is 23.1 Å². The molecule has 20 heavy (non-hydrogen) atoms. The highest BCUT2D eigenvalue weighted by molar-refractivity contribution is 7.12. The summed E-state index contributed by atoms with van der Waals surface area (Å²) in [6.45, 7) is 0.726. The van der Waals surface area contributed by atoms with Crippen LogP contribution in [0, 0.1) is 5.92 Å². The van der Waals surface area contributed by atoms with Crippen molar-refractivity contribution in [2.75, 3.05) is 0 Å². The van der Waals surface area contributed by atoms with E-state index in [-0.39, 0.29) is 12.1 Å². The number of fused-ring (bicyclic) bond motifs is 3. The molecule has 0 bridgehead atoms. The number of nitrogens with zero attached hydrogens (tertiary/aromatic N) is 2. The third-order valence-electron chi connectivity index (χ3n) is 4.35. The van der Waals surface area contributed by atoms with Gasteiger partial charge in [0.2, 0.25) is 0 Å². The zero-order valence-electron chi connectivity index (χ0n) is 11.1. The zero-order valence-corrected chi connectivity index (χ0v) is 12.6. The summed E-state index contributed by atoms with van der Waals surface area (Å²) in [4.78, 5) is 0. The van der Waals surface area contributed by atoms with Gasteiger partial charge in [0, 0.05) is 24.0 Å². The predicted octanol–water partition coefficient (Wildman–Crippen LogP) is 3.71. The lowest BCUT2D eigenvalue weighted by molar-refractivity contribution is 0.110. The Kier molecular flexibility index (Phi) is 3.15. The van der Waals surface area contributed by atoms with Crippen molar-refractivity contribution in [1.82, 2.24) is 8.99 Å². The largest absolute Gasteiger partial charge is 0.393 e. The molecule has 2 aliphatic rings. The maximum absolute atomic E-state index is 10.3. The van der Waals surface area contributed by atoms with Crippen LogP contribution in [0.25, 0.3) is 5.00 Å².